The van der Waals surface area contributed by atoms with Crippen LogP contribution in [0.3, 0.4) is 0 Å². The van der Waals surface area contributed by atoms with Crippen LogP contribution in [-0.2, 0) is 28.5 Å². The Morgan fingerprint density at radius 3 is 1.53 bits per heavy atom. The van der Waals surface area contributed by atoms with Crippen LogP contribution >= 0.6 is 0 Å². The summed E-state index contributed by atoms with van der Waals surface area (Å²) in [5.41, 5.74) is 0. The number of allylic oxidation sites excluding steroid dienone is 2. The summed E-state index contributed by atoms with van der Waals surface area (Å²) in [7, 11) is 0. The van der Waals surface area contributed by atoms with Crippen LogP contribution in [-0.4, -0.2) is 77.3 Å². The van der Waals surface area contributed by atoms with Gasteiger partial charge in [0.05, 0.1) is 12.7 Å². The minimum atomic E-state index is -1.47. The van der Waals surface area contributed by atoms with Gasteiger partial charge in [-0.05, 0) is 44.9 Å². The van der Waals surface area contributed by atoms with Gasteiger partial charge in [0.25, 0.3) is 0 Å². The van der Waals surface area contributed by atoms with Gasteiger partial charge in [0, 0.05) is 12.8 Å². The third-order valence-corrected chi connectivity index (χ3v) is 9.87. The smallest absolute Gasteiger partial charge is 0.306 e. The van der Waals surface area contributed by atoms with Gasteiger partial charge in [-0.25, -0.2) is 0 Å². The van der Waals surface area contributed by atoms with Crippen molar-refractivity contribution < 1.29 is 43.9 Å². The minimum absolute atomic E-state index is 0.166. The molecule has 9 heteroatoms. The number of aliphatic hydroxyl groups excluding tert-OH is 3. The molecular weight excluding hydrogens is 648 g/mol. The Kier molecular flexibility index (Phi) is 30.8. The predicted molar refractivity (Wildman–Crippen MR) is 204 cm³/mol. The molecule has 0 spiro atoms. The number of hydrogen-bond acceptors (Lipinski definition) is 9. The number of unbranched alkanes of at least 4 members (excludes halogenated alkanes) is 21. The van der Waals surface area contributed by atoms with Crippen LogP contribution in [0.25, 0.3) is 0 Å². The first-order valence-electron chi connectivity index (χ1n) is 21.1. The summed E-state index contributed by atoms with van der Waals surface area (Å²) in [6, 6.07) is 0. The summed E-state index contributed by atoms with van der Waals surface area (Å²) in [5, 5.41) is 30.8. The van der Waals surface area contributed by atoms with E-state index in [9.17, 15) is 24.9 Å². The zero-order valence-corrected chi connectivity index (χ0v) is 32.9. The van der Waals surface area contributed by atoms with Gasteiger partial charge in [-0.3, -0.25) is 9.59 Å². The molecule has 6 unspecified atom stereocenters. The van der Waals surface area contributed by atoms with E-state index < -0.39 is 42.8 Å². The highest BCUT2D eigenvalue weighted by Gasteiger charge is 2.43. The number of aliphatic hydroxyl groups is 3. The molecule has 0 aliphatic carbocycles. The van der Waals surface area contributed by atoms with E-state index in [4.69, 9.17) is 18.9 Å². The number of hydrogen-bond donors (Lipinski definition) is 3. The van der Waals surface area contributed by atoms with Crippen molar-refractivity contribution in [3.8, 4) is 0 Å². The second-order valence-corrected chi connectivity index (χ2v) is 14.7. The first-order chi connectivity index (χ1) is 24.8. The summed E-state index contributed by atoms with van der Waals surface area (Å²) in [6.07, 6.45) is 27.0. The number of carbonyl (C=O) groups is 2. The van der Waals surface area contributed by atoms with Crippen molar-refractivity contribution in [3.63, 3.8) is 0 Å². The maximum atomic E-state index is 12.7. The standard InChI is InChI=1S/C42H78O9/c1-4-7-9-11-13-15-17-19-21-23-25-27-29-31-37(43)48-33-35(34-49-42-41(47)40(46)39(45)36(6-3)51-42)50-38(44)32-30-28-26-24-22-20-18-16-14-12-10-8-5-2/h16,18,35-36,39-42,45-47H,4-15,17,19-34H2,1-3H3/b18-16-. The molecule has 0 aromatic heterocycles. The Hall–Kier alpha value is -1.52. The fourth-order valence-corrected chi connectivity index (χ4v) is 6.49. The molecule has 0 amide bonds. The van der Waals surface area contributed by atoms with Gasteiger partial charge >= 0.3 is 11.9 Å². The molecule has 1 fully saturated rings. The molecule has 300 valence electrons. The summed E-state index contributed by atoms with van der Waals surface area (Å²) in [4.78, 5) is 25.3. The predicted octanol–water partition coefficient (Wildman–Crippen LogP) is 9.41. The van der Waals surface area contributed by atoms with Gasteiger partial charge in [0.15, 0.2) is 12.4 Å². The van der Waals surface area contributed by atoms with Gasteiger partial charge in [0.1, 0.15) is 24.9 Å². The molecule has 0 aromatic carbocycles. The van der Waals surface area contributed by atoms with Crippen LogP contribution in [0.1, 0.15) is 194 Å². The highest BCUT2D eigenvalue weighted by Crippen LogP contribution is 2.24. The molecule has 0 aromatic rings. The highest BCUT2D eigenvalue weighted by molar-refractivity contribution is 5.70. The van der Waals surface area contributed by atoms with Crippen LogP contribution in [0, 0.1) is 0 Å². The van der Waals surface area contributed by atoms with Gasteiger partial charge < -0.3 is 34.3 Å². The third-order valence-electron chi connectivity index (χ3n) is 9.87. The van der Waals surface area contributed by atoms with Crippen molar-refractivity contribution in [1.29, 1.82) is 0 Å². The zero-order valence-electron chi connectivity index (χ0n) is 32.9. The van der Waals surface area contributed by atoms with E-state index in [1.807, 2.05) is 0 Å². The van der Waals surface area contributed by atoms with Gasteiger partial charge in [-0.2, -0.15) is 0 Å². The molecule has 0 bridgehead atoms. The lowest BCUT2D eigenvalue weighted by molar-refractivity contribution is -0.301. The molecule has 1 saturated heterocycles. The molecule has 0 saturated carbocycles. The normalized spacial score (nSPS) is 21.3. The number of ether oxygens (including phenoxy) is 4. The second-order valence-electron chi connectivity index (χ2n) is 14.7. The van der Waals surface area contributed by atoms with E-state index in [0.29, 0.717) is 19.3 Å². The van der Waals surface area contributed by atoms with E-state index in [-0.39, 0.29) is 25.6 Å². The fraction of sp³-hybridized carbons (Fsp3) is 0.905. The highest BCUT2D eigenvalue weighted by atomic mass is 16.7. The maximum absolute atomic E-state index is 12.7. The van der Waals surface area contributed by atoms with Crippen molar-refractivity contribution in [2.75, 3.05) is 13.2 Å². The molecule has 1 rings (SSSR count). The SMILES string of the molecule is CCCCCC/C=C\CCCCCCCC(=O)OC(COC(=O)CCCCCCCCCCCCCCC)COC1OC(CC)C(O)C(O)C1O. The van der Waals surface area contributed by atoms with Gasteiger partial charge in [-0.15, -0.1) is 0 Å². The second kappa shape index (κ2) is 33.1. The molecule has 0 radical (unpaired) electrons. The summed E-state index contributed by atoms with van der Waals surface area (Å²) >= 11 is 0. The lowest BCUT2D eigenvalue weighted by Gasteiger charge is -2.40. The number of esters is 2. The molecule has 1 heterocycles. The van der Waals surface area contributed by atoms with E-state index in [0.717, 1.165) is 51.4 Å². The Morgan fingerprint density at radius 1 is 0.569 bits per heavy atom. The average Bonchev–Trinajstić information content (AvgIpc) is 3.13. The zero-order chi connectivity index (χ0) is 37.4. The Labute approximate surface area is 311 Å². The molecule has 9 nitrogen and oxygen atoms in total. The van der Waals surface area contributed by atoms with Crippen molar-refractivity contribution in [2.45, 2.75) is 231 Å². The lowest BCUT2D eigenvalue weighted by Crippen LogP contribution is -2.58. The van der Waals surface area contributed by atoms with Crippen molar-refractivity contribution >= 4 is 11.9 Å². The first kappa shape index (κ1) is 47.5. The summed E-state index contributed by atoms with van der Waals surface area (Å²) < 4.78 is 22.5. The average molecular weight is 727 g/mol. The van der Waals surface area contributed by atoms with Crippen LogP contribution in [0.4, 0.5) is 0 Å². The quantitative estimate of drug-likeness (QED) is 0.0337. The molecule has 6 atom stereocenters. The molecule has 1 aliphatic heterocycles. The maximum Gasteiger partial charge on any atom is 0.306 e. The monoisotopic (exact) mass is 727 g/mol. The summed E-state index contributed by atoms with van der Waals surface area (Å²) in [5.74, 6) is -0.738. The Bertz CT molecular complexity index is 848. The van der Waals surface area contributed by atoms with E-state index in [2.05, 4.69) is 26.0 Å². The van der Waals surface area contributed by atoms with Crippen LogP contribution < -0.4 is 0 Å². The lowest BCUT2D eigenvalue weighted by atomic mass is 9.97. The van der Waals surface area contributed by atoms with Crippen LogP contribution in [0.5, 0.6) is 0 Å². The minimum Gasteiger partial charge on any atom is -0.462 e. The number of carbonyl (C=O) groups excluding carboxylic acids is 2. The molecule has 51 heavy (non-hydrogen) atoms. The topological polar surface area (TPSA) is 132 Å². The van der Waals surface area contributed by atoms with Crippen LogP contribution in [0.15, 0.2) is 12.2 Å². The molecule has 3 N–H and O–H groups in total. The molecular formula is C42H78O9. The van der Waals surface area contributed by atoms with E-state index in [1.54, 1.807) is 6.92 Å². The third kappa shape index (κ3) is 25.2. The van der Waals surface area contributed by atoms with Crippen molar-refractivity contribution in [2.24, 2.45) is 0 Å². The first-order valence-corrected chi connectivity index (χ1v) is 21.1. The largest absolute Gasteiger partial charge is 0.462 e. The van der Waals surface area contributed by atoms with Crippen molar-refractivity contribution in [1.82, 2.24) is 0 Å². The Balaban J connectivity index is 2.37. The van der Waals surface area contributed by atoms with Gasteiger partial charge in [-0.1, -0.05) is 148 Å². The number of rotatable bonds is 34. The van der Waals surface area contributed by atoms with E-state index in [1.165, 1.54) is 96.3 Å². The van der Waals surface area contributed by atoms with E-state index >= 15 is 0 Å². The van der Waals surface area contributed by atoms with Crippen molar-refractivity contribution in [3.05, 3.63) is 12.2 Å². The van der Waals surface area contributed by atoms with Crippen LogP contribution in [0.2, 0.25) is 0 Å². The molecule has 1 aliphatic rings. The summed E-state index contributed by atoms with van der Waals surface area (Å²) in [6.45, 7) is 5.92. The Morgan fingerprint density at radius 2 is 1.02 bits per heavy atom. The fourth-order valence-electron chi connectivity index (χ4n) is 6.49. The van der Waals surface area contributed by atoms with Gasteiger partial charge in [0.2, 0.25) is 0 Å².